The summed E-state index contributed by atoms with van der Waals surface area (Å²) in [6.45, 7) is 1.13. The van der Waals surface area contributed by atoms with E-state index >= 15 is 0 Å². The number of aromatic amines is 1. The van der Waals surface area contributed by atoms with Gasteiger partial charge in [-0.3, -0.25) is 9.79 Å². The van der Waals surface area contributed by atoms with E-state index in [1.54, 1.807) is 19.2 Å². The molecule has 2 rings (SSSR count). The molecule has 4 N–H and O–H groups in total. The summed E-state index contributed by atoms with van der Waals surface area (Å²) in [6.07, 6.45) is 1.88. The molecule has 0 aromatic carbocycles. The van der Waals surface area contributed by atoms with E-state index < -0.39 is 5.91 Å². The predicted molar refractivity (Wildman–Crippen MR) is 79.7 cm³/mol. The van der Waals surface area contributed by atoms with Crippen molar-refractivity contribution < 1.29 is 9.21 Å². The second-order valence-corrected chi connectivity index (χ2v) is 4.58. The molecular weight excluding hydrogens is 270 g/mol. The van der Waals surface area contributed by atoms with Gasteiger partial charge in [-0.25, -0.2) is 0 Å². The van der Waals surface area contributed by atoms with Crippen LogP contribution in [0, 0.1) is 0 Å². The van der Waals surface area contributed by atoms with E-state index in [9.17, 15) is 4.79 Å². The molecule has 0 saturated carbocycles. The zero-order valence-electron chi connectivity index (χ0n) is 12.1. The fraction of sp³-hybridized carbons (Fsp3) is 0.286. The molecule has 0 saturated heterocycles. The number of nitrogens with zero attached hydrogens (tertiary/aromatic N) is 2. The van der Waals surface area contributed by atoms with Crippen LogP contribution >= 0.6 is 0 Å². The minimum atomic E-state index is -0.575. The van der Waals surface area contributed by atoms with Gasteiger partial charge in [-0.05, 0) is 24.3 Å². The summed E-state index contributed by atoms with van der Waals surface area (Å²) in [6, 6.07) is 7.24. The minimum Gasteiger partial charge on any atom is -0.454 e. The predicted octanol–water partition coefficient (Wildman–Crippen LogP) is 0.914. The van der Waals surface area contributed by atoms with Crippen LogP contribution in [0.5, 0.6) is 0 Å². The number of rotatable bonds is 5. The van der Waals surface area contributed by atoms with Crippen molar-refractivity contribution in [3.05, 3.63) is 47.7 Å². The number of aromatic nitrogens is 1. The van der Waals surface area contributed by atoms with Gasteiger partial charge in [0.15, 0.2) is 11.7 Å². The molecular formula is C14H19N5O2. The standard InChI is InChI=1S/C14H19N5O2/c1-16-14(19(2)9-10-4-3-7-17-10)18-8-11-5-6-12(21-11)13(15)20/h3-7,17H,8-9H2,1-2H3,(H2,15,20)(H,16,18). The SMILES string of the molecule is CN=C(NCc1ccc(C(N)=O)o1)N(C)Cc1ccc[nH]1. The van der Waals surface area contributed by atoms with E-state index in [0.717, 1.165) is 11.7 Å². The molecule has 0 aliphatic heterocycles. The van der Waals surface area contributed by atoms with Gasteiger partial charge in [0.1, 0.15) is 5.76 Å². The lowest BCUT2D eigenvalue weighted by atomic mass is 10.4. The first-order valence-electron chi connectivity index (χ1n) is 6.52. The molecule has 2 aromatic heterocycles. The molecule has 7 heteroatoms. The van der Waals surface area contributed by atoms with Crippen LogP contribution in [0.2, 0.25) is 0 Å². The lowest BCUT2D eigenvalue weighted by Gasteiger charge is -2.21. The fourth-order valence-corrected chi connectivity index (χ4v) is 1.95. The van der Waals surface area contributed by atoms with E-state index in [1.807, 2.05) is 30.3 Å². The van der Waals surface area contributed by atoms with Crippen molar-refractivity contribution in [2.24, 2.45) is 10.7 Å². The molecule has 0 spiro atoms. The first kappa shape index (κ1) is 14.7. The van der Waals surface area contributed by atoms with Gasteiger partial charge in [-0.15, -0.1) is 0 Å². The lowest BCUT2D eigenvalue weighted by Crippen LogP contribution is -2.38. The topological polar surface area (TPSA) is 99.6 Å². The molecule has 0 unspecified atom stereocenters. The third-order valence-electron chi connectivity index (χ3n) is 2.97. The highest BCUT2D eigenvalue weighted by molar-refractivity contribution is 5.89. The molecule has 0 fully saturated rings. The summed E-state index contributed by atoms with van der Waals surface area (Å²) in [4.78, 5) is 20.3. The second-order valence-electron chi connectivity index (χ2n) is 4.58. The number of hydrogen-bond acceptors (Lipinski definition) is 3. The van der Waals surface area contributed by atoms with Crippen LogP contribution in [0.3, 0.4) is 0 Å². The molecule has 2 aromatic rings. The Morgan fingerprint density at radius 1 is 1.48 bits per heavy atom. The van der Waals surface area contributed by atoms with Gasteiger partial charge >= 0.3 is 0 Å². The summed E-state index contributed by atoms with van der Waals surface area (Å²) < 4.78 is 5.31. The van der Waals surface area contributed by atoms with Crippen LogP contribution in [-0.2, 0) is 13.1 Å². The van der Waals surface area contributed by atoms with Gasteiger partial charge in [0.05, 0.1) is 13.1 Å². The average Bonchev–Trinajstić information content (AvgIpc) is 3.10. The first-order chi connectivity index (χ1) is 10.1. The molecule has 7 nitrogen and oxygen atoms in total. The maximum atomic E-state index is 11.0. The number of amides is 1. The van der Waals surface area contributed by atoms with Crippen LogP contribution < -0.4 is 11.1 Å². The zero-order chi connectivity index (χ0) is 15.2. The van der Waals surface area contributed by atoms with Gasteiger partial charge in [-0.2, -0.15) is 0 Å². The molecule has 21 heavy (non-hydrogen) atoms. The van der Waals surface area contributed by atoms with E-state index in [2.05, 4.69) is 15.3 Å². The minimum absolute atomic E-state index is 0.154. The van der Waals surface area contributed by atoms with Gasteiger partial charge in [0.25, 0.3) is 5.91 Å². The van der Waals surface area contributed by atoms with Crippen LogP contribution in [0.25, 0.3) is 0 Å². The highest BCUT2D eigenvalue weighted by Crippen LogP contribution is 2.07. The Kier molecular flexibility index (Phi) is 4.65. The van der Waals surface area contributed by atoms with Crippen molar-refractivity contribution in [2.75, 3.05) is 14.1 Å². The van der Waals surface area contributed by atoms with E-state index in [1.165, 1.54) is 0 Å². The summed E-state index contributed by atoms with van der Waals surface area (Å²) in [5.41, 5.74) is 6.24. The van der Waals surface area contributed by atoms with Crippen LogP contribution in [0.15, 0.2) is 39.9 Å². The monoisotopic (exact) mass is 289 g/mol. The number of carbonyl (C=O) groups excluding carboxylic acids is 1. The largest absolute Gasteiger partial charge is 0.454 e. The number of H-pyrrole nitrogens is 1. The normalized spacial score (nSPS) is 11.4. The number of nitrogens with two attached hydrogens (primary N) is 1. The number of nitrogens with one attached hydrogen (secondary N) is 2. The molecule has 2 heterocycles. The molecule has 0 aliphatic rings. The molecule has 0 aliphatic carbocycles. The van der Waals surface area contributed by atoms with Gasteiger partial charge in [0, 0.05) is 26.0 Å². The number of hydrogen-bond donors (Lipinski definition) is 3. The summed E-state index contributed by atoms with van der Waals surface area (Å²) in [7, 11) is 3.65. The fourth-order valence-electron chi connectivity index (χ4n) is 1.95. The number of aliphatic imine (C=N–C) groups is 1. The first-order valence-corrected chi connectivity index (χ1v) is 6.52. The Morgan fingerprint density at radius 2 is 2.29 bits per heavy atom. The summed E-state index contributed by atoms with van der Waals surface area (Å²) >= 11 is 0. The third-order valence-corrected chi connectivity index (χ3v) is 2.97. The number of primary amides is 1. The maximum absolute atomic E-state index is 11.0. The van der Waals surface area contributed by atoms with Crippen LogP contribution in [-0.4, -0.2) is 35.8 Å². The van der Waals surface area contributed by atoms with Crippen molar-refractivity contribution in [1.29, 1.82) is 0 Å². The Labute approximate surface area is 122 Å². The Bertz CT molecular complexity index is 615. The van der Waals surface area contributed by atoms with E-state index in [4.69, 9.17) is 10.2 Å². The van der Waals surface area contributed by atoms with E-state index in [-0.39, 0.29) is 5.76 Å². The highest BCUT2D eigenvalue weighted by Gasteiger charge is 2.10. The quantitative estimate of drug-likeness (QED) is 0.563. The Morgan fingerprint density at radius 3 is 2.86 bits per heavy atom. The molecule has 0 radical (unpaired) electrons. The van der Waals surface area contributed by atoms with Gasteiger partial charge < -0.3 is 25.4 Å². The summed E-state index contributed by atoms with van der Waals surface area (Å²) in [5.74, 6) is 0.927. The van der Waals surface area contributed by atoms with Crippen molar-refractivity contribution >= 4 is 11.9 Å². The highest BCUT2D eigenvalue weighted by atomic mass is 16.3. The summed E-state index contributed by atoms with van der Waals surface area (Å²) in [5, 5.41) is 3.17. The van der Waals surface area contributed by atoms with Crippen molar-refractivity contribution in [1.82, 2.24) is 15.2 Å². The van der Waals surface area contributed by atoms with Crippen molar-refractivity contribution in [3.63, 3.8) is 0 Å². The van der Waals surface area contributed by atoms with Crippen LogP contribution in [0.1, 0.15) is 22.0 Å². The zero-order valence-corrected chi connectivity index (χ0v) is 12.1. The number of guanidine groups is 1. The van der Waals surface area contributed by atoms with Crippen molar-refractivity contribution in [3.8, 4) is 0 Å². The molecule has 0 bridgehead atoms. The van der Waals surface area contributed by atoms with Crippen LogP contribution in [0.4, 0.5) is 0 Å². The van der Waals surface area contributed by atoms with Gasteiger partial charge in [0.2, 0.25) is 0 Å². The van der Waals surface area contributed by atoms with E-state index in [0.29, 0.717) is 18.8 Å². The molecule has 1 amide bonds. The average molecular weight is 289 g/mol. The molecule has 0 atom stereocenters. The number of furan rings is 1. The third kappa shape index (κ3) is 3.88. The Hall–Kier alpha value is -2.70. The molecule has 112 valence electrons. The smallest absolute Gasteiger partial charge is 0.284 e. The van der Waals surface area contributed by atoms with Crippen molar-refractivity contribution in [2.45, 2.75) is 13.1 Å². The van der Waals surface area contributed by atoms with Gasteiger partial charge in [-0.1, -0.05) is 0 Å². The Balaban J connectivity index is 1.91. The second kappa shape index (κ2) is 6.65. The maximum Gasteiger partial charge on any atom is 0.284 e. The number of carbonyl (C=O) groups is 1. The lowest BCUT2D eigenvalue weighted by molar-refractivity contribution is 0.0972.